The normalized spacial score (nSPS) is 13.4. The van der Waals surface area contributed by atoms with E-state index in [1.54, 1.807) is 0 Å². The Hall–Kier alpha value is -0.120. The maximum atomic E-state index is 8.93. The van der Waals surface area contributed by atoms with Crippen LogP contribution in [0.4, 0.5) is 0 Å². The van der Waals surface area contributed by atoms with Gasteiger partial charge in [0.15, 0.2) is 0 Å². The molecule has 0 saturated carbocycles. The molecule has 0 saturated heterocycles. The van der Waals surface area contributed by atoms with Crippen LogP contribution in [-0.2, 0) is 0 Å². The molecule has 0 aliphatic heterocycles. The van der Waals surface area contributed by atoms with E-state index >= 15 is 0 Å². The second-order valence-corrected chi connectivity index (χ2v) is 4.24. The average Bonchev–Trinajstić information content (AvgIpc) is 2.19. The van der Waals surface area contributed by atoms with Crippen LogP contribution in [0.3, 0.4) is 0 Å². The minimum absolute atomic E-state index is 0.278. The Morgan fingerprint density at radius 3 is 2.53 bits per heavy atom. The Morgan fingerprint density at radius 1 is 1.27 bits per heavy atom. The lowest BCUT2D eigenvalue weighted by molar-refractivity contribution is 0.228. The topological polar surface area (TPSA) is 35.5 Å². The monoisotopic (exact) mass is 216 g/mol. The van der Waals surface area contributed by atoms with Crippen LogP contribution in [0.5, 0.6) is 0 Å². The molecule has 0 heterocycles. The third-order valence-electron chi connectivity index (χ3n) is 2.65. The van der Waals surface area contributed by atoms with Crippen LogP contribution in [0.15, 0.2) is 0 Å². The first-order valence-electron chi connectivity index (χ1n) is 6.27. The highest BCUT2D eigenvalue weighted by molar-refractivity contribution is 4.69. The SMILES string of the molecule is CCCCCN(C)CC(CCO)NCC. The summed E-state index contributed by atoms with van der Waals surface area (Å²) in [5.74, 6) is 0. The van der Waals surface area contributed by atoms with Crippen molar-refractivity contribution in [1.29, 1.82) is 0 Å². The van der Waals surface area contributed by atoms with Crippen molar-refractivity contribution < 1.29 is 5.11 Å². The van der Waals surface area contributed by atoms with Gasteiger partial charge in [-0.05, 0) is 33.0 Å². The van der Waals surface area contributed by atoms with Crippen molar-refractivity contribution in [3.8, 4) is 0 Å². The first-order valence-corrected chi connectivity index (χ1v) is 6.27. The molecule has 15 heavy (non-hydrogen) atoms. The summed E-state index contributed by atoms with van der Waals surface area (Å²) in [6.07, 6.45) is 4.73. The molecular formula is C12H28N2O. The van der Waals surface area contributed by atoms with Gasteiger partial charge in [-0.2, -0.15) is 0 Å². The van der Waals surface area contributed by atoms with E-state index in [2.05, 4.69) is 31.1 Å². The highest BCUT2D eigenvalue weighted by Crippen LogP contribution is 1.99. The van der Waals surface area contributed by atoms with E-state index in [0.29, 0.717) is 6.04 Å². The van der Waals surface area contributed by atoms with E-state index in [-0.39, 0.29) is 6.61 Å². The van der Waals surface area contributed by atoms with E-state index in [4.69, 9.17) is 5.11 Å². The summed E-state index contributed by atoms with van der Waals surface area (Å²) >= 11 is 0. The molecular weight excluding hydrogens is 188 g/mol. The molecule has 3 nitrogen and oxygen atoms in total. The van der Waals surface area contributed by atoms with Gasteiger partial charge >= 0.3 is 0 Å². The van der Waals surface area contributed by atoms with Crippen molar-refractivity contribution in [3.63, 3.8) is 0 Å². The number of hydrogen-bond donors (Lipinski definition) is 2. The second-order valence-electron chi connectivity index (χ2n) is 4.24. The predicted octanol–water partition coefficient (Wildman–Crippen LogP) is 1.47. The molecule has 0 aromatic rings. The lowest BCUT2D eigenvalue weighted by atomic mass is 10.2. The number of nitrogens with one attached hydrogen (secondary N) is 1. The summed E-state index contributed by atoms with van der Waals surface area (Å²) < 4.78 is 0. The number of hydrogen-bond acceptors (Lipinski definition) is 3. The van der Waals surface area contributed by atoms with Crippen molar-refractivity contribution >= 4 is 0 Å². The fourth-order valence-corrected chi connectivity index (χ4v) is 1.80. The summed E-state index contributed by atoms with van der Waals surface area (Å²) in [5, 5.41) is 12.3. The summed E-state index contributed by atoms with van der Waals surface area (Å²) in [6.45, 7) is 7.81. The van der Waals surface area contributed by atoms with Gasteiger partial charge in [0.2, 0.25) is 0 Å². The molecule has 2 N–H and O–H groups in total. The fraction of sp³-hybridized carbons (Fsp3) is 1.00. The Labute approximate surface area is 94.9 Å². The molecule has 3 heteroatoms. The number of nitrogens with zero attached hydrogens (tertiary/aromatic N) is 1. The van der Waals surface area contributed by atoms with Crippen LogP contribution in [-0.4, -0.2) is 49.3 Å². The molecule has 0 rings (SSSR count). The number of likely N-dealkylation sites (N-methyl/N-ethyl adjacent to an activating group) is 2. The molecule has 0 fully saturated rings. The van der Waals surface area contributed by atoms with Gasteiger partial charge in [0.25, 0.3) is 0 Å². The molecule has 1 atom stereocenters. The van der Waals surface area contributed by atoms with Gasteiger partial charge in [-0.25, -0.2) is 0 Å². The molecule has 0 spiro atoms. The Morgan fingerprint density at radius 2 is 2.00 bits per heavy atom. The van der Waals surface area contributed by atoms with Gasteiger partial charge in [-0.1, -0.05) is 26.7 Å². The maximum absolute atomic E-state index is 8.93. The van der Waals surface area contributed by atoms with Gasteiger partial charge in [0, 0.05) is 19.2 Å². The molecule has 1 unspecified atom stereocenters. The van der Waals surface area contributed by atoms with Crippen molar-refractivity contribution in [3.05, 3.63) is 0 Å². The first-order chi connectivity index (χ1) is 7.24. The number of aliphatic hydroxyl groups excluding tert-OH is 1. The minimum atomic E-state index is 0.278. The summed E-state index contributed by atoms with van der Waals surface area (Å²) in [7, 11) is 2.16. The van der Waals surface area contributed by atoms with E-state index in [1.165, 1.54) is 25.8 Å². The van der Waals surface area contributed by atoms with Gasteiger partial charge in [-0.3, -0.25) is 0 Å². The summed E-state index contributed by atoms with van der Waals surface area (Å²) in [6, 6.07) is 0.437. The lowest BCUT2D eigenvalue weighted by Crippen LogP contribution is -2.40. The molecule has 0 aromatic heterocycles. The third-order valence-corrected chi connectivity index (χ3v) is 2.65. The van der Waals surface area contributed by atoms with Crippen molar-refractivity contribution in [2.75, 3.05) is 33.3 Å². The van der Waals surface area contributed by atoms with Crippen LogP contribution >= 0.6 is 0 Å². The molecule has 0 bridgehead atoms. The molecule has 0 amide bonds. The lowest BCUT2D eigenvalue weighted by Gasteiger charge is -2.24. The predicted molar refractivity (Wildman–Crippen MR) is 66.2 cm³/mol. The quantitative estimate of drug-likeness (QED) is 0.543. The molecule has 0 aliphatic rings. The van der Waals surface area contributed by atoms with E-state index in [9.17, 15) is 0 Å². The molecule has 0 aliphatic carbocycles. The van der Waals surface area contributed by atoms with Crippen LogP contribution in [0.25, 0.3) is 0 Å². The van der Waals surface area contributed by atoms with Crippen molar-refractivity contribution in [2.24, 2.45) is 0 Å². The zero-order chi connectivity index (χ0) is 11.5. The second kappa shape index (κ2) is 10.4. The van der Waals surface area contributed by atoms with Crippen LogP contribution in [0.2, 0.25) is 0 Å². The minimum Gasteiger partial charge on any atom is -0.396 e. The zero-order valence-electron chi connectivity index (χ0n) is 10.6. The summed E-state index contributed by atoms with van der Waals surface area (Å²) in [5.41, 5.74) is 0. The smallest absolute Gasteiger partial charge is 0.0446 e. The fourth-order valence-electron chi connectivity index (χ4n) is 1.80. The Kier molecular flexibility index (Phi) is 10.3. The highest BCUT2D eigenvalue weighted by atomic mass is 16.3. The van der Waals surface area contributed by atoms with Crippen molar-refractivity contribution in [1.82, 2.24) is 10.2 Å². The van der Waals surface area contributed by atoms with Gasteiger partial charge in [-0.15, -0.1) is 0 Å². The van der Waals surface area contributed by atoms with E-state index < -0.39 is 0 Å². The maximum Gasteiger partial charge on any atom is 0.0446 e. The van der Waals surface area contributed by atoms with Gasteiger partial charge < -0.3 is 15.3 Å². The van der Waals surface area contributed by atoms with Gasteiger partial charge in [0.1, 0.15) is 0 Å². The van der Waals surface area contributed by atoms with E-state index in [1.807, 2.05) is 0 Å². The van der Waals surface area contributed by atoms with Gasteiger partial charge in [0.05, 0.1) is 0 Å². The largest absolute Gasteiger partial charge is 0.396 e. The first kappa shape index (κ1) is 14.9. The molecule has 0 radical (unpaired) electrons. The number of rotatable bonds is 10. The van der Waals surface area contributed by atoms with E-state index in [0.717, 1.165) is 19.5 Å². The Bertz CT molecular complexity index is 125. The highest BCUT2D eigenvalue weighted by Gasteiger charge is 2.09. The zero-order valence-corrected chi connectivity index (χ0v) is 10.6. The number of aliphatic hydroxyl groups is 1. The Balaban J connectivity index is 3.62. The molecule has 92 valence electrons. The number of unbranched alkanes of at least 4 members (excludes halogenated alkanes) is 2. The van der Waals surface area contributed by atoms with Crippen LogP contribution in [0.1, 0.15) is 39.5 Å². The third kappa shape index (κ3) is 8.85. The molecule has 0 aromatic carbocycles. The standard InChI is InChI=1S/C12H28N2O/c1-4-6-7-9-14(3)11-12(8-10-15)13-5-2/h12-13,15H,4-11H2,1-3H3. The summed E-state index contributed by atoms with van der Waals surface area (Å²) in [4.78, 5) is 2.36. The van der Waals surface area contributed by atoms with Crippen LogP contribution in [0, 0.1) is 0 Å². The van der Waals surface area contributed by atoms with Crippen LogP contribution < -0.4 is 5.32 Å². The average molecular weight is 216 g/mol. The van der Waals surface area contributed by atoms with Crippen molar-refractivity contribution in [2.45, 2.75) is 45.6 Å².